The second-order valence-corrected chi connectivity index (χ2v) is 6.96. The van der Waals surface area contributed by atoms with Crippen LogP contribution in [-0.2, 0) is 0 Å². The molecule has 0 aliphatic carbocycles. The molecule has 1 aromatic rings. The van der Waals surface area contributed by atoms with Gasteiger partial charge in [-0.25, -0.2) is 0 Å². The molecule has 0 saturated carbocycles. The Hall–Kier alpha value is -1.59. The minimum Gasteiger partial charge on any atom is -0.368 e. The number of hydrogen-bond donors (Lipinski definition) is 2. The van der Waals surface area contributed by atoms with E-state index in [1.807, 2.05) is 14.1 Å². The van der Waals surface area contributed by atoms with Gasteiger partial charge in [-0.3, -0.25) is 0 Å². The quantitative estimate of drug-likeness (QED) is 0.869. The van der Waals surface area contributed by atoms with Crippen LogP contribution < -0.4 is 16.0 Å². The van der Waals surface area contributed by atoms with Crippen LogP contribution in [0.25, 0.3) is 0 Å². The summed E-state index contributed by atoms with van der Waals surface area (Å²) < 4.78 is 0. The van der Waals surface area contributed by atoms with Crippen LogP contribution in [0.3, 0.4) is 0 Å². The van der Waals surface area contributed by atoms with E-state index in [0.29, 0.717) is 11.9 Å². The summed E-state index contributed by atoms with van der Waals surface area (Å²) in [4.78, 5) is 14.4. The van der Waals surface area contributed by atoms with E-state index in [-0.39, 0.29) is 16.9 Å². The van der Waals surface area contributed by atoms with Gasteiger partial charge in [-0.05, 0) is 25.7 Å². The molecular formula is C13H26N6. The molecule has 0 amide bonds. The number of anilines is 3. The summed E-state index contributed by atoms with van der Waals surface area (Å²) in [5, 5.41) is 3.34. The molecule has 1 rings (SSSR count). The van der Waals surface area contributed by atoms with E-state index in [2.05, 4.69) is 54.9 Å². The lowest BCUT2D eigenvalue weighted by Crippen LogP contribution is -2.36. The predicted octanol–water partition coefficient (Wildman–Crippen LogP) is 2.15. The van der Waals surface area contributed by atoms with Crippen LogP contribution in [-0.4, -0.2) is 34.6 Å². The number of rotatable bonds is 4. The van der Waals surface area contributed by atoms with Crippen LogP contribution in [0.15, 0.2) is 0 Å². The highest BCUT2D eigenvalue weighted by molar-refractivity contribution is 5.42. The molecule has 0 atom stereocenters. The summed E-state index contributed by atoms with van der Waals surface area (Å²) in [5.41, 5.74) is 5.82. The monoisotopic (exact) mass is 266 g/mol. The Morgan fingerprint density at radius 1 is 1.05 bits per heavy atom. The average molecular weight is 266 g/mol. The van der Waals surface area contributed by atoms with Crippen LogP contribution in [0.5, 0.6) is 0 Å². The Kier molecular flexibility index (Phi) is 4.22. The van der Waals surface area contributed by atoms with Gasteiger partial charge in [0.1, 0.15) is 0 Å². The molecule has 0 aliphatic heterocycles. The Morgan fingerprint density at radius 2 is 1.63 bits per heavy atom. The molecule has 3 N–H and O–H groups in total. The van der Waals surface area contributed by atoms with Gasteiger partial charge < -0.3 is 16.0 Å². The van der Waals surface area contributed by atoms with Crippen LogP contribution in [0.4, 0.5) is 17.8 Å². The zero-order valence-electron chi connectivity index (χ0n) is 13.1. The highest BCUT2D eigenvalue weighted by Gasteiger charge is 2.26. The van der Waals surface area contributed by atoms with Crippen molar-refractivity contribution in [2.24, 2.45) is 5.41 Å². The van der Waals surface area contributed by atoms with Crippen LogP contribution in [0.1, 0.15) is 41.0 Å². The molecule has 0 unspecified atom stereocenters. The molecular weight excluding hydrogens is 240 g/mol. The molecule has 6 heteroatoms. The van der Waals surface area contributed by atoms with Crippen LogP contribution >= 0.6 is 0 Å². The summed E-state index contributed by atoms with van der Waals surface area (Å²) in [6.07, 6.45) is 0.989. The Bertz CT molecular complexity index is 433. The molecule has 0 aliphatic rings. The Labute approximate surface area is 115 Å². The van der Waals surface area contributed by atoms with Crippen molar-refractivity contribution in [1.29, 1.82) is 0 Å². The van der Waals surface area contributed by atoms with Crippen molar-refractivity contribution in [3.63, 3.8) is 0 Å². The fourth-order valence-electron chi connectivity index (χ4n) is 2.31. The smallest absolute Gasteiger partial charge is 0.231 e. The zero-order valence-corrected chi connectivity index (χ0v) is 13.1. The van der Waals surface area contributed by atoms with Crippen molar-refractivity contribution in [1.82, 2.24) is 15.0 Å². The topological polar surface area (TPSA) is 80.0 Å². The summed E-state index contributed by atoms with van der Waals surface area (Å²) in [5.74, 6) is 1.31. The van der Waals surface area contributed by atoms with Gasteiger partial charge in [-0.15, -0.1) is 0 Å². The van der Waals surface area contributed by atoms with Gasteiger partial charge in [-0.2, -0.15) is 15.0 Å². The van der Waals surface area contributed by atoms with E-state index in [1.54, 1.807) is 4.90 Å². The summed E-state index contributed by atoms with van der Waals surface area (Å²) >= 11 is 0. The number of nitrogens with one attached hydrogen (secondary N) is 1. The molecule has 0 saturated heterocycles. The maximum absolute atomic E-state index is 5.71. The first kappa shape index (κ1) is 15.5. The number of aromatic nitrogens is 3. The van der Waals surface area contributed by atoms with E-state index in [4.69, 9.17) is 5.73 Å². The lowest BCUT2D eigenvalue weighted by Gasteiger charge is -2.33. The molecule has 0 fully saturated rings. The van der Waals surface area contributed by atoms with Gasteiger partial charge in [0.25, 0.3) is 0 Å². The lowest BCUT2D eigenvalue weighted by atomic mass is 9.82. The molecule has 108 valence electrons. The normalized spacial score (nSPS) is 12.4. The van der Waals surface area contributed by atoms with E-state index >= 15 is 0 Å². The zero-order chi connectivity index (χ0) is 14.8. The van der Waals surface area contributed by atoms with Crippen molar-refractivity contribution in [2.45, 2.75) is 46.6 Å². The molecule has 0 aromatic carbocycles. The standard InChI is InChI=1S/C13H26N6/c1-12(2,3)8-13(4,5)18-10-15-9(14)16-11(17-10)19(6)7/h8H2,1-7H3,(H3,14,15,16,17,18). The van der Waals surface area contributed by atoms with E-state index in [1.165, 1.54) is 0 Å². The lowest BCUT2D eigenvalue weighted by molar-refractivity contribution is 0.301. The van der Waals surface area contributed by atoms with Crippen LogP contribution in [0, 0.1) is 5.41 Å². The third-order valence-corrected chi connectivity index (χ3v) is 2.46. The van der Waals surface area contributed by atoms with E-state index in [9.17, 15) is 0 Å². The highest BCUT2D eigenvalue weighted by atomic mass is 15.3. The Morgan fingerprint density at radius 3 is 2.11 bits per heavy atom. The number of nitrogens with zero attached hydrogens (tertiary/aromatic N) is 4. The van der Waals surface area contributed by atoms with Crippen molar-refractivity contribution >= 4 is 17.8 Å². The van der Waals surface area contributed by atoms with Gasteiger partial charge in [0.15, 0.2) is 0 Å². The first-order valence-electron chi connectivity index (χ1n) is 6.46. The third-order valence-electron chi connectivity index (χ3n) is 2.46. The minimum atomic E-state index is -0.115. The van der Waals surface area contributed by atoms with Crippen molar-refractivity contribution in [3.05, 3.63) is 0 Å². The van der Waals surface area contributed by atoms with Crippen molar-refractivity contribution in [2.75, 3.05) is 30.0 Å². The van der Waals surface area contributed by atoms with Crippen molar-refractivity contribution in [3.8, 4) is 0 Å². The van der Waals surface area contributed by atoms with Gasteiger partial charge >= 0.3 is 0 Å². The largest absolute Gasteiger partial charge is 0.368 e. The van der Waals surface area contributed by atoms with Crippen molar-refractivity contribution < 1.29 is 0 Å². The van der Waals surface area contributed by atoms with Crippen LogP contribution in [0.2, 0.25) is 0 Å². The number of hydrogen-bond acceptors (Lipinski definition) is 6. The van der Waals surface area contributed by atoms with E-state index in [0.717, 1.165) is 6.42 Å². The molecule has 0 radical (unpaired) electrons. The molecule has 1 aromatic heterocycles. The number of nitrogen functional groups attached to an aromatic ring is 1. The predicted molar refractivity (Wildman–Crippen MR) is 80.3 cm³/mol. The second-order valence-electron chi connectivity index (χ2n) is 6.96. The number of nitrogens with two attached hydrogens (primary N) is 1. The SMILES string of the molecule is CN(C)c1nc(N)nc(NC(C)(C)CC(C)(C)C)n1. The van der Waals surface area contributed by atoms with E-state index < -0.39 is 0 Å². The fraction of sp³-hybridized carbons (Fsp3) is 0.769. The average Bonchev–Trinajstić information content (AvgIpc) is 2.10. The fourth-order valence-corrected chi connectivity index (χ4v) is 2.31. The summed E-state index contributed by atoms with van der Waals surface area (Å²) in [6, 6.07) is 0. The van der Waals surface area contributed by atoms with Gasteiger partial charge in [0.05, 0.1) is 0 Å². The third kappa shape index (κ3) is 5.28. The molecule has 1 heterocycles. The first-order valence-corrected chi connectivity index (χ1v) is 6.46. The van der Waals surface area contributed by atoms with Gasteiger partial charge in [-0.1, -0.05) is 20.8 Å². The summed E-state index contributed by atoms with van der Waals surface area (Å²) in [7, 11) is 3.75. The summed E-state index contributed by atoms with van der Waals surface area (Å²) in [6.45, 7) is 10.9. The first-order chi connectivity index (χ1) is 8.48. The minimum absolute atomic E-state index is 0.115. The molecule has 0 spiro atoms. The second kappa shape index (κ2) is 5.19. The maximum atomic E-state index is 5.71. The maximum Gasteiger partial charge on any atom is 0.231 e. The molecule has 6 nitrogen and oxygen atoms in total. The van der Waals surface area contributed by atoms with Gasteiger partial charge in [0.2, 0.25) is 17.8 Å². The van der Waals surface area contributed by atoms with Gasteiger partial charge in [0, 0.05) is 19.6 Å². The molecule has 0 bridgehead atoms. The highest BCUT2D eigenvalue weighted by Crippen LogP contribution is 2.29. The molecule has 19 heavy (non-hydrogen) atoms. The Balaban J connectivity index is 2.93.